The van der Waals surface area contributed by atoms with Gasteiger partial charge in [0.05, 0.1) is 17.1 Å². The first-order valence-corrected chi connectivity index (χ1v) is 6.16. The Balaban J connectivity index is 2.73. The van der Waals surface area contributed by atoms with Gasteiger partial charge in [0.15, 0.2) is 0 Å². The van der Waals surface area contributed by atoms with Crippen molar-refractivity contribution >= 4 is 28.9 Å². The van der Waals surface area contributed by atoms with Crippen molar-refractivity contribution in [3.05, 3.63) is 29.8 Å². The maximum atomic E-state index is 12.4. The Bertz CT molecular complexity index is 488. The van der Waals surface area contributed by atoms with Gasteiger partial charge in [0.2, 0.25) is 0 Å². The number of hydrogen-bond donors (Lipinski definition) is 2. The van der Waals surface area contributed by atoms with E-state index in [1.165, 1.54) is 17.0 Å². The van der Waals surface area contributed by atoms with Crippen molar-refractivity contribution in [2.75, 3.05) is 18.4 Å². The molecule has 0 aliphatic rings. The highest BCUT2D eigenvalue weighted by Crippen LogP contribution is 2.29. The van der Waals surface area contributed by atoms with Crippen LogP contribution in [-0.4, -0.2) is 29.0 Å². The van der Waals surface area contributed by atoms with E-state index in [0.717, 1.165) is 12.1 Å². The highest BCUT2D eigenvalue weighted by Gasteiger charge is 2.30. The van der Waals surface area contributed by atoms with Crippen LogP contribution in [0.4, 0.5) is 23.7 Å². The lowest BCUT2D eigenvalue weighted by Gasteiger charge is -2.20. The molecule has 0 saturated heterocycles. The van der Waals surface area contributed by atoms with Gasteiger partial charge in [0.1, 0.15) is 0 Å². The predicted octanol–water partition coefficient (Wildman–Crippen LogP) is 2.85. The molecule has 0 saturated carbocycles. The van der Waals surface area contributed by atoms with Gasteiger partial charge in [-0.25, -0.2) is 4.79 Å². The Morgan fingerprint density at radius 3 is 2.30 bits per heavy atom. The van der Waals surface area contributed by atoms with E-state index in [1.807, 2.05) is 0 Å². The topological polar surface area (TPSA) is 58.4 Å². The molecule has 4 nitrogen and oxygen atoms in total. The van der Waals surface area contributed by atoms with Gasteiger partial charge < -0.3 is 16.0 Å². The molecule has 3 N–H and O–H groups in total. The molecule has 8 heteroatoms. The zero-order chi connectivity index (χ0) is 15.3. The number of nitrogens with two attached hydrogens (primary N) is 1. The summed E-state index contributed by atoms with van der Waals surface area (Å²) in [5.74, 6) is 0. The smallest absolute Gasteiger partial charge is 0.392 e. The Morgan fingerprint density at radius 1 is 1.35 bits per heavy atom. The van der Waals surface area contributed by atoms with Gasteiger partial charge >= 0.3 is 12.2 Å². The second-order valence-electron chi connectivity index (χ2n) is 3.99. The lowest BCUT2D eigenvalue weighted by atomic mass is 10.2. The minimum absolute atomic E-state index is 0.109. The van der Waals surface area contributed by atoms with Crippen molar-refractivity contribution in [1.82, 2.24) is 4.90 Å². The molecule has 0 aliphatic heterocycles. The number of anilines is 1. The molecule has 20 heavy (non-hydrogen) atoms. The summed E-state index contributed by atoms with van der Waals surface area (Å²) in [7, 11) is 0. The molecule has 0 unspecified atom stereocenters. The van der Waals surface area contributed by atoms with Gasteiger partial charge in [0, 0.05) is 12.2 Å². The molecule has 1 aromatic rings. The minimum atomic E-state index is -4.40. The number of benzene rings is 1. The van der Waals surface area contributed by atoms with Crippen molar-refractivity contribution in [3.8, 4) is 0 Å². The van der Waals surface area contributed by atoms with Crippen molar-refractivity contribution in [2.45, 2.75) is 13.1 Å². The van der Waals surface area contributed by atoms with Crippen molar-refractivity contribution in [2.24, 2.45) is 5.73 Å². The second kappa shape index (κ2) is 6.56. The van der Waals surface area contributed by atoms with Gasteiger partial charge in [-0.1, -0.05) is 12.2 Å². The molecule has 1 aromatic carbocycles. The van der Waals surface area contributed by atoms with Crippen LogP contribution in [-0.2, 0) is 6.18 Å². The lowest BCUT2D eigenvalue weighted by Crippen LogP contribution is -2.40. The van der Waals surface area contributed by atoms with E-state index in [2.05, 4.69) is 5.32 Å². The third kappa shape index (κ3) is 4.69. The lowest BCUT2D eigenvalue weighted by molar-refractivity contribution is -0.137. The monoisotopic (exact) mass is 305 g/mol. The number of urea groups is 1. The molecule has 0 aromatic heterocycles. The number of nitrogens with one attached hydrogen (secondary N) is 1. The first kappa shape index (κ1) is 16.2. The molecule has 1 rings (SSSR count). The number of carbonyl (C=O) groups is 1. The number of hydrogen-bond acceptors (Lipinski definition) is 2. The summed E-state index contributed by atoms with van der Waals surface area (Å²) in [6.45, 7) is 2.23. The van der Waals surface area contributed by atoms with Crippen LogP contribution in [0.15, 0.2) is 24.3 Å². The summed E-state index contributed by atoms with van der Waals surface area (Å²) in [4.78, 5) is 13.3. The van der Waals surface area contributed by atoms with Crippen LogP contribution < -0.4 is 11.1 Å². The predicted molar refractivity (Wildman–Crippen MR) is 74.5 cm³/mol. The number of rotatable bonds is 4. The van der Waals surface area contributed by atoms with Crippen molar-refractivity contribution in [3.63, 3.8) is 0 Å². The number of thiocarbonyl (C=S) groups is 1. The third-order valence-electron chi connectivity index (χ3n) is 2.48. The highest BCUT2D eigenvalue weighted by molar-refractivity contribution is 7.80. The van der Waals surface area contributed by atoms with E-state index in [-0.39, 0.29) is 17.2 Å². The average Bonchev–Trinajstić information content (AvgIpc) is 2.35. The quantitative estimate of drug-likeness (QED) is 0.841. The summed E-state index contributed by atoms with van der Waals surface area (Å²) < 4.78 is 37.2. The number of carbonyl (C=O) groups excluding carboxylic acids is 1. The maximum absolute atomic E-state index is 12.4. The SMILES string of the molecule is CCN(CC(N)=S)C(=O)Nc1ccc(C(F)(F)F)cc1. The molecule has 110 valence electrons. The van der Waals surface area contributed by atoms with E-state index >= 15 is 0 Å². The van der Waals surface area contributed by atoms with E-state index < -0.39 is 17.8 Å². The number of alkyl halides is 3. The summed E-state index contributed by atoms with van der Waals surface area (Å²) >= 11 is 4.71. The molecular weight excluding hydrogens is 291 g/mol. The Kier molecular flexibility index (Phi) is 5.32. The van der Waals surface area contributed by atoms with Crippen molar-refractivity contribution < 1.29 is 18.0 Å². The second-order valence-corrected chi connectivity index (χ2v) is 4.51. The first-order valence-electron chi connectivity index (χ1n) is 5.75. The summed E-state index contributed by atoms with van der Waals surface area (Å²) in [5.41, 5.74) is 4.85. The summed E-state index contributed by atoms with van der Waals surface area (Å²) in [6.07, 6.45) is -4.40. The normalized spacial score (nSPS) is 11.0. The summed E-state index contributed by atoms with van der Waals surface area (Å²) in [6, 6.07) is 3.71. The largest absolute Gasteiger partial charge is 0.416 e. The van der Waals surface area contributed by atoms with Gasteiger partial charge in [0.25, 0.3) is 0 Å². The molecule has 0 bridgehead atoms. The third-order valence-corrected chi connectivity index (χ3v) is 2.61. The molecule has 0 fully saturated rings. The zero-order valence-corrected chi connectivity index (χ0v) is 11.5. The molecule has 0 atom stereocenters. The number of nitrogens with zero attached hydrogens (tertiary/aromatic N) is 1. The Morgan fingerprint density at radius 2 is 1.90 bits per heavy atom. The van der Waals surface area contributed by atoms with Crippen LogP contribution in [0.1, 0.15) is 12.5 Å². The van der Waals surface area contributed by atoms with Crippen LogP contribution in [0.5, 0.6) is 0 Å². The number of likely N-dealkylation sites (N-methyl/N-ethyl adjacent to an activating group) is 1. The molecule has 0 radical (unpaired) electrons. The highest BCUT2D eigenvalue weighted by atomic mass is 32.1. The fourth-order valence-corrected chi connectivity index (χ4v) is 1.62. The molecular formula is C12H14F3N3OS. The van der Waals surface area contributed by atoms with E-state index in [4.69, 9.17) is 18.0 Å². The maximum Gasteiger partial charge on any atom is 0.416 e. The minimum Gasteiger partial charge on any atom is -0.392 e. The Labute approximate surface area is 119 Å². The van der Waals surface area contributed by atoms with Crippen LogP contribution in [0.3, 0.4) is 0 Å². The first-order chi connectivity index (χ1) is 9.24. The molecule has 0 spiro atoms. The van der Waals surface area contributed by atoms with Crippen LogP contribution in [0.25, 0.3) is 0 Å². The van der Waals surface area contributed by atoms with Crippen LogP contribution >= 0.6 is 12.2 Å². The van der Waals surface area contributed by atoms with E-state index in [1.54, 1.807) is 6.92 Å². The van der Waals surface area contributed by atoms with Crippen molar-refractivity contribution in [1.29, 1.82) is 0 Å². The average molecular weight is 305 g/mol. The van der Waals surface area contributed by atoms with E-state index in [0.29, 0.717) is 6.54 Å². The summed E-state index contributed by atoms with van der Waals surface area (Å²) in [5, 5.41) is 2.48. The number of amides is 2. The van der Waals surface area contributed by atoms with Gasteiger partial charge in [-0.05, 0) is 31.2 Å². The fraction of sp³-hybridized carbons (Fsp3) is 0.333. The van der Waals surface area contributed by atoms with E-state index in [9.17, 15) is 18.0 Å². The van der Waals surface area contributed by atoms with Gasteiger partial charge in [-0.3, -0.25) is 0 Å². The zero-order valence-electron chi connectivity index (χ0n) is 10.7. The van der Waals surface area contributed by atoms with Crippen LogP contribution in [0, 0.1) is 0 Å². The fourth-order valence-electron chi connectivity index (χ4n) is 1.46. The van der Waals surface area contributed by atoms with Crippen LogP contribution in [0.2, 0.25) is 0 Å². The Hall–Kier alpha value is -1.83. The van der Waals surface area contributed by atoms with Gasteiger partial charge in [-0.15, -0.1) is 0 Å². The molecule has 0 aliphatic carbocycles. The molecule has 0 heterocycles. The van der Waals surface area contributed by atoms with Gasteiger partial charge in [-0.2, -0.15) is 13.2 Å². The number of halogens is 3. The standard InChI is InChI=1S/C12H14F3N3OS/c1-2-18(7-10(16)20)11(19)17-9-5-3-8(4-6-9)12(13,14)15/h3-6H,2,7H2,1H3,(H2,16,20)(H,17,19). The molecule has 2 amide bonds.